The number of carbonyl (C=O) groups is 6. The quantitative estimate of drug-likeness (QED) is 0.132. The maximum Gasteiger partial charge on any atom is 0.328 e. The second-order valence-electron chi connectivity index (χ2n) is 6.42. The maximum atomic E-state index is 12.3. The summed E-state index contributed by atoms with van der Waals surface area (Å²) >= 11 is 0. The minimum absolute atomic E-state index is 0.156. The van der Waals surface area contributed by atoms with Gasteiger partial charge < -0.3 is 42.7 Å². The highest BCUT2D eigenvalue weighted by atomic mass is 16.4. The van der Waals surface area contributed by atoms with Crippen LogP contribution in [-0.2, 0) is 28.8 Å². The Balaban J connectivity index is 5.02. The van der Waals surface area contributed by atoms with Gasteiger partial charge in [0.15, 0.2) is 0 Å². The van der Waals surface area contributed by atoms with Crippen LogP contribution < -0.4 is 27.4 Å². The summed E-state index contributed by atoms with van der Waals surface area (Å²) in [7, 11) is 0. The molecule has 4 atom stereocenters. The molecule has 0 fully saturated rings. The predicted molar refractivity (Wildman–Crippen MR) is 99.5 cm³/mol. The largest absolute Gasteiger partial charge is 0.481 e. The van der Waals surface area contributed by atoms with E-state index in [1.165, 1.54) is 6.92 Å². The molecule has 170 valence electrons. The van der Waals surface area contributed by atoms with Gasteiger partial charge in [-0.15, -0.1) is 0 Å². The summed E-state index contributed by atoms with van der Waals surface area (Å²) in [4.78, 5) is 68.9. The lowest BCUT2D eigenvalue weighted by Crippen LogP contribution is -2.56. The van der Waals surface area contributed by atoms with Gasteiger partial charge in [-0.3, -0.25) is 24.0 Å². The van der Waals surface area contributed by atoms with E-state index in [2.05, 4.69) is 10.6 Å². The van der Waals surface area contributed by atoms with E-state index in [-0.39, 0.29) is 25.7 Å². The summed E-state index contributed by atoms with van der Waals surface area (Å²) in [6.07, 6.45) is -1.07. The van der Waals surface area contributed by atoms with Gasteiger partial charge in [-0.1, -0.05) is 0 Å². The van der Waals surface area contributed by atoms with E-state index < -0.39 is 66.3 Å². The van der Waals surface area contributed by atoms with Crippen molar-refractivity contribution in [2.75, 3.05) is 6.61 Å². The zero-order valence-electron chi connectivity index (χ0n) is 16.3. The summed E-state index contributed by atoms with van der Waals surface area (Å²) in [5, 5.41) is 33.0. The number of aliphatic hydroxyl groups is 1. The van der Waals surface area contributed by atoms with Crippen LogP contribution in [-0.4, -0.2) is 81.7 Å². The second kappa shape index (κ2) is 13.1. The first kappa shape index (κ1) is 26.7. The lowest BCUT2D eigenvalue weighted by molar-refractivity contribution is -0.143. The van der Waals surface area contributed by atoms with Crippen LogP contribution in [0.15, 0.2) is 0 Å². The van der Waals surface area contributed by atoms with Crippen LogP contribution in [0.3, 0.4) is 0 Å². The number of aliphatic carboxylic acids is 2. The summed E-state index contributed by atoms with van der Waals surface area (Å²) in [5.41, 5.74) is 10.6. The van der Waals surface area contributed by atoms with Crippen molar-refractivity contribution < 1.29 is 44.1 Å². The number of nitrogens with one attached hydrogen (secondary N) is 3. The average molecular weight is 433 g/mol. The molecule has 14 heteroatoms. The first-order valence-corrected chi connectivity index (χ1v) is 8.89. The molecule has 0 saturated carbocycles. The molecule has 14 nitrogen and oxygen atoms in total. The lowest BCUT2D eigenvalue weighted by atomic mass is 10.1. The minimum atomic E-state index is -1.63. The van der Waals surface area contributed by atoms with Gasteiger partial charge in [-0.2, -0.15) is 0 Å². The molecule has 0 spiro atoms. The molecule has 4 amide bonds. The summed E-state index contributed by atoms with van der Waals surface area (Å²) in [6.45, 7) is 0.367. The number of carboxylic acids is 2. The normalized spacial score (nSPS) is 14.5. The van der Waals surface area contributed by atoms with Crippen LogP contribution in [0.1, 0.15) is 32.6 Å². The standard InChI is InChI=1S/C16H27N5O9/c1-7(19-14(27)8(17)2-5-12(24)25)13(26)20-9(3-4-11(18)23)15(28)21-10(6-22)16(29)30/h7-10,22H,2-6,17H2,1H3,(H2,18,23)(H,19,27)(H,20,26)(H,21,28)(H,24,25)(H,29,30)/t7-,8-,9-,10-/m0/s1. The Morgan fingerprint density at radius 2 is 1.40 bits per heavy atom. The fourth-order valence-corrected chi connectivity index (χ4v) is 2.11. The highest BCUT2D eigenvalue weighted by Gasteiger charge is 2.28. The van der Waals surface area contributed by atoms with E-state index in [0.29, 0.717) is 0 Å². The van der Waals surface area contributed by atoms with Gasteiger partial charge in [0.05, 0.1) is 12.6 Å². The van der Waals surface area contributed by atoms with E-state index >= 15 is 0 Å². The zero-order chi connectivity index (χ0) is 23.4. The molecule has 0 radical (unpaired) electrons. The topological polar surface area (TPSA) is 251 Å². The van der Waals surface area contributed by atoms with Crippen molar-refractivity contribution in [3.63, 3.8) is 0 Å². The average Bonchev–Trinajstić information content (AvgIpc) is 2.66. The van der Waals surface area contributed by atoms with Gasteiger partial charge in [0.1, 0.15) is 18.1 Å². The Morgan fingerprint density at radius 1 is 0.833 bits per heavy atom. The molecule has 0 heterocycles. The number of amides is 4. The van der Waals surface area contributed by atoms with Crippen LogP contribution in [0.4, 0.5) is 0 Å². The molecule has 0 bridgehead atoms. The van der Waals surface area contributed by atoms with E-state index in [1.54, 1.807) is 0 Å². The van der Waals surface area contributed by atoms with Crippen molar-refractivity contribution in [3.8, 4) is 0 Å². The van der Waals surface area contributed by atoms with Gasteiger partial charge in [-0.05, 0) is 19.8 Å². The fraction of sp³-hybridized carbons (Fsp3) is 0.625. The SMILES string of the molecule is C[C@H](NC(=O)[C@@H](N)CCC(=O)O)C(=O)N[C@@H](CCC(N)=O)C(=O)N[C@@H](CO)C(=O)O. The Labute approximate surface area is 171 Å². The summed E-state index contributed by atoms with van der Waals surface area (Å²) < 4.78 is 0. The molecular weight excluding hydrogens is 406 g/mol. The molecule has 30 heavy (non-hydrogen) atoms. The molecule has 0 aliphatic heterocycles. The van der Waals surface area contributed by atoms with E-state index in [4.69, 9.17) is 26.8 Å². The number of aliphatic hydroxyl groups excluding tert-OH is 1. The zero-order valence-corrected chi connectivity index (χ0v) is 16.3. The number of carbonyl (C=O) groups excluding carboxylic acids is 4. The molecule has 0 aromatic rings. The van der Waals surface area contributed by atoms with Crippen LogP contribution in [0.2, 0.25) is 0 Å². The fourth-order valence-electron chi connectivity index (χ4n) is 2.11. The van der Waals surface area contributed by atoms with E-state index in [1.807, 2.05) is 5.32 Å². The molecule has 0 aromatic heterocycles. The Kier molecular flexibility index (Phi) is 11.6. The number of hydrogen-bond acceptors (Lipinski definition) is 8. The molecule has 0 aromatic carbocycles. The monoisotopic (exact) mass is 433 g/mol. The maximum absolute atomic E-state index is 12.3. The lowest BCUT2D eigenvalue weighted by Gasteiger charge is -2.23. The third-order valence-electron chi connectivity index (χ3n) is 3.87. The van der Waals surface area contributed by atoms with Crippen molar-refractivity contribution >= 4 is 35.6 Å². The van der Waals surface area contributed by atoms with Crippen LogP contribution in [0.25, 0.3) is 0 Å². The van der Waals surface area contributed by atoms with Gasteiger partial charge in [0, 0.05) is 12.8 Å². The smallest absolute Gasteiger partial charge is 0.328 e. The number of nitrogens with two attached hydrogens (primary N) is 2. The van der Waals surface area contributed by atoms with Crippen LogP contribution >= 0.6 is 0 Å². The van der Waals surface area contributed by atoms with Crippen molar-refractivity contribution in [2.24, 2.45) is 11.5 Å². The highest BCUT2D eigenvalue weighted by Crippen LogP contribution is 2.01. The molecular formula is C16H27N5O9. The van der Waals surface area contributed by atoms with Crippen LogP contribution in [0, 0.1) is 0 Å². The van der Waals surface area contributed by atoms with Crippen molar-refractivity contribution in [1.82, 2.24) is 16.0 Å². The first-order valence-electron chi connectivity index (χ1n) is 8.89. The van der Waals surface area contributed by atoms with Crippen LogP contribution in [0.5, 0.6) is 0 Å². The van der Waals surface area contributed by atoms with Gasteiger partial charge >= 0.3 is 11.9 Å². The summed E-state index contributed by atoms with van der Waals surface area (Å²) in [5.74, 6) is -6.05. The molecule has 10 N–H and O–H groups in total. The number of hydrogen-bond donors (Lipinski definition) is 8. The van der Waals surface area contributed by atoms with Crippen molar-refractivity contribution in [2.45, 2.75) is 56.8 Å². The molecule has 0 aliphatic rings. The van der Waals surface area contributed by atoms with Gasteiger partial charge in [-0.25, -0.2) is 4.79 Å². The second-order valence-corrected chi connectivity index (χ2v) is 6.42. The molecule has 0 saturated heterocycles. The number of rotatable bonds is 14. The molecule has 0 rings (SSSR count). The van der Waals surface area contributed by atoms with Gasteiger partial charge in [0.2, 0.25) is 23.6 Å². The van der Waals surface area contributed by atoms with E-state index in [9.17, 15) is 28.8 Å². The predicted octanol–water partition coefficient (Wildman–Crippen LogP) is -4.00. The number of primary amides is 1. The van der Waals surface area contributed by atoms with Gasteiger partial charge in [0.25, 0.3) is 0 Å². The minimum Gasteiger partial charge on any atom is -0.481 e. The highest BCUT2D eigenvalue weighted by molar-refractivity contribution is 5.94. The number of carboxylic acid groups (broad SMARTS) is 2. The first-order chi connectivity index (χ1) is 13.9. The molecule has 0 unspecified atom stereocenters. The Bertz CT molecular complexity index is 669. The summed E-state index contributed by atoms with van der Waals surface area (Å²) in [6, 6.07) is -5.37. The van der Waals surface area contributed by atoms with E-state index in [0.717, 1.165) is 0 Å². The molecule has 0 aliphatic carbocycles. The van der Waals surface area contributed by atoms with Crippen molar-refractivity contribution in [3.05, 3.63) is 0 Å². The Morgan fingerprint density at radius 3 is 1.87 bits per heavy atom. The Hall–Kier alpha value is -3.26. The van der Waals surface area contributed by atoms with Crippen molar-refractivity contribution in [1.29, 1.82) is 0 Å². The third kappa shape index (κ3) is 10.3. The third-order valence-corrected chi connectivity index (χ3v) is 3.87.